The van der Waals surface area contributed by atoms with Crippen molar-refractivity contribution in [3.05, 3.63) is 71.3 Å². The molecule has 0 spiro atoms. The number of fused-ring (bicyclic) bond motifs is 1. The van der Waals surface area contributed by atoms with Crippen LogP contribution in [0.25, 0.3) is 0 Å². The second kappa shape index (κ2) is 4.34. The van der Waals surface area contributed by atoms with E-state index in [0.29, 0.717) is 5.92 Å². The van der Waals surface area contributed by atoms with E-state index in [-0.39, 0.29) is 6.04 Å². The molecule has 0 fully saturated rings. The minimum absolute atomic E-state index is 0.214. The number of hydrogen-bond acceptors (Lipinski definition) is 1. The van der Waals surface area contributed by atoms with Gasteiger partial charge in [0.1, 0.15) is 0 Å². The molecule has 86 valence electrons. The molecule has 0 radical (unpaired) electrons. The molecule has 0 saturated heterocycles. The molecular formula is C16H17N. The van der Waals surface area contributed by atoms with E-state index in [2.05, 4.69) is 54.6 Å². The normalized spacial score (nSPS) is 23.1. The van der Waals surface area contributed by atoms with Gasteiger partial charge in [-0.1, -0.05) is 54.6 Å². The van der Waals surface area contributed by atoms with Crippen LogP contribution in [0.2, 0.25) is 0 Å². The second-order valence-corrected chi connectivity index (χ2v) is 4.78. The average molecular weight is 223 g/mol. The summed E-state index contributed by atoms with van der Waals surface area (Å²) in [7, 11) is 0. The highest BCUT2D eigenvalue weighted by molar-refractivity contribution is 5.41. The average Bonchev–Trinajstić information content (AvgIpc) is 2.41. The minimum Gasteiger partial charge on any atom is -0.324 e. The highest BCUT2D eigenvalue weighted by atomic mass is 14.6. The quantitative estimate of drug-likeness (QED) is 0.785. The standard InChI is InChI=1S/C16H17N/c17-16-11-10-13(12-6-2-1-3-7-12)14-8-4-5-9-15(14)16/h1-9,13,16H,10-11,17H2/t13-,16+/m1/s1. The van der Waals surface area contributed by atoms with Crippen LogP contribution in [0.1, 0.15) is 41.5 Å². The zero-order valence-electron chi connectivity index (χ0n) is 9.84. The van der Waals surface area contributed by atoms with Crippen LogP contribution in [0.4, 0.5) is 0 Å². The summed E-state index contributed by atoms with van der Waals surface area (Å²) >= 11 is 0. The minimum atomic E-state index is 0.214. The molecule has 0 unspecified atom stereocenters. The molecule has 17 heavy (non-hydrogen) atoms. The fraction of sp³-hybridized carbons (Fsp3) is 0.250. The summed E-state index contributed by atoms with van der Waals surface area (Å²) in [6, 6.07) is 19.6. The first kappa shape index (κ1) is 10.5. The van der Waals surface area contributed by atoms with E-state index in [4.69, 9.17) is 5.73 Å². The Morgan fingerprint density at radius 2 is 1.41 bits per heavy atom. The lowest BCUT2D eigenvalue weighted by Gasteiger charge is -2.29. The smallest absolute Gasteiger partial charge is 0.0298 e. The van der Waals surface area contributed by atoms with Gasteiger partial charge in [-0.25, -0.2) is 0 Å². The van der Waals surface area contributed by atoms with Crippen molar-refractivity contribution in [1.29, 1.82) is 0 Å². The summed E-state index contributed by atoms with van der Waals surface area (Å²) in [5, 5.41) is 0. The molecule has 2 N–H and O–H groups in total. The van der Waals surface area contributed by atoms with Crippen molar-refractivity contribution in [2.75, 3.05) is 0 Å². The second-order valence-electron chi connectivity index (χ2n) is 4.78. The van der Waals surface area contributed by atoms with Gasteiger partial charge >= 0.3 is 0 Å². The summed E-state index contributed by atoms with van der Waals surface area (Å²) in [5.74, 6) is 0.521. The van der Waals surface area contributed by atoms with Crippen molar-refractivity contribution in [2.45, 2.75) is 24.8 Å². The number of hydrogen-bond donors (Lipinski definition) is 1. The lowest BCUT2D eigenvalue weighted by Crippen LogP contribution is -2.20. The lowest BCUT2D eigenvalue weighted by molar-refractivity contribution is 0.530. The zero-order valence-corrected chi connectivity index (χ0v) is 9.84. The third-order valence-electron chi connectivity index (χ3n) is 3.74. The Morgan fingerprint density at radius 1 is 0.765 bits per heavy atom. The summed E-state index contributed by atoms with van der Waals surface area (Å²) in [6.07, 6.45) is 2.23. The third-order valence-corrected chi connectivity index (χ3v) is 3.74. The molecule has 0 bridgehead atoms. The van der Waals surface area contributed by atoms with E-state index in [1.807, 2.05) is 0 Å². The first-order chi connectivity index (χ1) is 8.36. The molecule has 2 aromatic rings. The summed E-state index contributed by atoms with van der Waals surface area (Å²) in [5.41, 5.74) is 10.3. The van der Waals surface area contributed by atoms with Gasteiger partial charge in [0, 0.05) is 12.0 Å². The van der Waals surface area contributed by atoms with Gasteiger partial charge in [-0.3, -0.25) is 0 Å². The molecule has 0 aromatic heterocycles. The maximum atomic E-state index is 6.19. The topological polar surface area (TPSA) is 26.0 Å². The summed E-state index contributed by atoms with van der Waals surface area (Å²) in [4.78, 5) is 0. The number of nitrogens with two attached hydrogens (primary N) is 1. The van der Waals surface area contributed by atoms with E-state index in [1.54, 1.807) is 0 Å². The Balaban J connectivity index is 2.07. The molecule has 0 heterocycles. The van der Waals surface area contributed by atoms with Gasteiger partial charge in [0.15, 0.2) is 0 Å². The van der Waals surface area contributed by atoms with Gasteiger partial charge in [-0.2, -0.15) is 0 Å². The summed E-state index contributed by atoms with van der Waals surface area (Å²) < 4.78 is 0. The van der Waals surface area contributed by atoms with Crippen molar-refractivity contribution in [2.24, 2.45) is 5.73 Å². The predicted molar refractivity (Wildman–Crippen MR) is 70.9 cm³/mol. The van der Waals surface area contributed by atoms with Crippen molar-refractivity contribution in [3.63, 3.8) is 0 Å². The lowest BCUT2D eigenvalue weighted by atomic mass is 9.77. The van der Waals surface area contributed by atoms with Gasteiger partial charge in [0.25, 0.3) is 0 Å². The fourth-order valence-electron chi connectivity index (χ4n) is 2.85. The van der Waals surface area contributed by atoms with E-state index in [1.165, 1.54) is 16.7 Å². The van der Waals surface area contributed by atoms with Crippen LogP contribution in [-0.4, -0.2) is 0 Å². The Kier molecular flexibility index (Phi) is 2.69. The molecule has 2 atom stereocenters. The SMILES string of the molecule is N[C@H]1CC[C@H](c2ccccc2)c2ccccc21. The van der Waals surface area contributed by atoms with Crippen LogP contribution < -0.4 is 5.73 Å². The summed E-state index contributed by atoms with van der Waals surface area (Å²) in [6.45, 7) is 0. The molecule has 1 nitrogen and oxygen atoms in total. The molecule has 0 amide bonds. The fourth-order valence-corrected chi connectivity index (χ4v) is 2.85. The van der Waals surface area contributed by atoms with Crippen LogP contribution in [0, 0.1) is 0 Å². The maximum absolute atomic E-state index is 6.19. The van der Waals surface area contributed by atoms with Gasteiger partial charge in [0.05, 0.1) is 0 Å². The van der Waals surface area contributed by atoms with E-state index >= 15 is 0 Å². The van der Waals surface area contributed by atoms with Gasteiger partial charge in [0.2, 0.25) is 0 Å². The highest BCUT2D eigenvalue weighted by Gasteiger charge is 2.25. The van der Waals surface area contributed by atoms with Gasteiger partial charge in [-0.05, 0) is 29.5 Å². The molecule has 1 aliphatic carbocycles. The molecule has 0 aliphatic heterocycles. The largest absolute Gasteiger partial charge is 0.324 e. The van der Waals surface area contributed by atoms with Crippen LogP contribution in [-0.2, 0) is 0 Å². The predicted octanol–water partition coefficient (Wildman–Crippen LogP) is 3.61. The Hall–Kier alpha value is -1.60. The van der Waals surface area contributed by atoms with Crippen LogP contribution in [0.3, 0.4) is 0 Å². The highest BCUT2D eigenvalue weighted by Crippen LogP contribution is 2.39. The van der Waals surface area contributed by atoms with E-state index in [0.717, 1.165) is 12.8 Å². The van der Waals surface area contributed by atoms with Gasteiger partial charge < -0.3 is 5.73 Å². The van der Waals surface area contributed by atoms with Crippen molar-refractivity contribution in [3.8, 4) is 0 Å². The van der Waals surface area contributed by atoms with Crippen LogP contribution in [0.5, 0.6) is 0 Å². The van der Waals surface area contributed by atoms with Crippen molar-refractivity contribution >= 4 is 0 Å². The molecule has 2 aromatic carbocycles. The van der Waals surface area contributed by atoms with Crippen LogP contribution in [0.15, 0.2) is 54.6 Å². The van der Waals surface area contributed by atoms with Crippen molar-refractivity contribution < 1.29 is 0 Å². The van der Waals surface area contributed by atoms with E-state index < -0.39 is 0 Å². The molecule has 1 heteroatoms. The Labute approximate surface area is 102 Å². The zero-order chi connectivity index (χ0) is 11.7. The molecule has 3 rings (SSSR count). The van der Waals surface area contributed by atoms with Gasteiger partial charge in [-0.15, -0.1) is 0 Å². The molecular weight excluding hydrogens is 206 g/mol. The number of rotatable bonds is 1. The third kappa shape index (κ3) is 1.87. The first-order valence-corrected chi connectivity index (χ1v) is 6.25. The van der Waals surface area contributed by atoms with E-state index in [9.17, 15) is 0 Å². The Morgan fingerprint density at radius 3 is 2.18 bits per heavy atom. The van der Waals surface area contributed by atoms with Crippen LogP contribution >= 0.6 is 0 Å². The monoisotopic (exact) mass is 223 g/mol. The molecule has 0 saturated carbocycles. The molecule has 1 aliphatic rings. The van der Waals surface area contributed by atoms with Crippen molar-refractivity contribution in [1.82, 2.24) is 0 Å². The maximum Gasteiger partial charge on any atom is 0.0298 e. The number of benzene rings is 2. The first-order valence-electron chi connectivity index (χ1n) is 6.25. The Bertz CT molecular complexity index is 504.